The van der Waals surface area contributed by atoms with E-state index < -0.39 is 0 Å². The maximum Gasteiger partial charge on any atom is 0.129 e. The van der Waals surface area contributed by atoms with Gasteiger partial charge in [0, 0.05) is 13.0 Å². The highest BCUT2D eigenvalue weighted by Crippen LogP contribution is 2.08. The molecule has 2 heteroatoms. The molecule has 0 spiro atoms. The third kappa shape index (κ3) is 17.1. The summed E-state index contributed by atoms with van der Waals surface area (Å²) in [5.41, 5.74) is 0. The minimum Gasteiger partial charge on any atom is -0.377 e. The summed E-state index contributed by atoms with van der Waals surface area (Å²) in [6.07, 6.45) is 17.4. The van der Waals surface area contributed by atoms with Crippen LogP contribution in [0, 0.1) is 0 Å². The van der Waals surface area contributed by atoms with Crippen LogP contribution in [-0.2, 0) is 9.53 Å². The van der Waals surface area contributed by atoms with E-state index in [0.717, 1.165) is 32.5 Å². The van der Waals surface area contributed by atoms with Crippen LogP contribution in [0.2, 0.25) is 0 Å². The second kappa shape index (κ2) is 15.2. The van der Waals surface area contributed by atoms with Gasteiger partial charge < -0.3 is 9.53 Å². The maximum atomic E-state index is 10.7. The zero-order valence-corrected chi connectivity index (χ0v) is 12.7. The number of carbonyl (C=O) groups excluding carboxylic acids is 1. The van der Waals surface area contributed by atoms with Crippen molar-refractivity contribution in [2.75, 3.05) is 13.2 Å². The molecule has 0 aromatic rings. The van der Waals surface area contributed by atoms with E-state index in [-0.39, 0.29) is 0 Å². The van der Waals surface area contributed by atoms with Crippen LogP contribution in [-0.4, -0.2) is 19.0 Å². The number of ketones is 1. The molecule has 0 aliphatic carbocycles. The summed E-state index contributed by atoms with van der Waals surface area (Å²) >= 11 is 0. The first-order valence-electron chi connectivity index (χ1n) is 7.62. The van der Waals surface area contributed by atoms with Gasteiger partial charge in [0.15, 0.2) is 0 Å². The Kier molecular flexibility index (Phi) is 14.5. The maximum absolute atomic E-state index is 10.7. The van der Waals surface area contributed by atoms with Crippen molar-refractivity contribution in [1.29, 1.82) is 0 Å². The number of hydrogen-bond donors (Lipinski definition) is 0. The van der Waals surface area contributed by atoms with Crippen LogP contribution < -0.4 is 0 Å². The highest BCUT2D eigenvalue weighted by molar-refractivity contribution is 5.75. The van der Waals surface area contributed by atoms with Crippen molar-refractivity contribution in [3.63, 3.8) is 0 Å². The highest BCUT2D eigenvalue weighted by Gasteiger charge is 1.94. The molecule has 0 aliphatic rings. The molecule has 0 bridgehead atoms. The van der Waals surface area contributed by atoms with Gasteiger partial charge in [-0.1, -0.05) is 56.4 Å². The van der Waals surface area contributed by atoms with Gasteiger partial charge in [0.05, 0.1) is 6.61 Å². The third-order valence-electron chi connectivity index (χ3n) is 2.97. The van der Waals surface area contributed by atoms with Crippen LogP contribution in [0.1, 0.15) is 65.2 Å². The summed E-state index contributed by atoms with van der Waals surface area (Å²) in [6.45, 7) is 5.26. The molecule has 0 rings (SSSR count). The van der Waals surface area contributed by atoms with E-state index in [1.165, 1.54) is 32.1 Å². The number of allylic oxidation sites excluding steroid dienone is 3. The quantitative estimate of drug-likeness (QED) is 0.352. The molecule has 0 unspecified atom stereocenters. The summed E-state index contributed by atoms with van der Waals surface area (Å²) in [6, 6.07) is 0. The number of ether oxygens (including phenoxy) is 1. The smallest absolute Gasteiger partial charge is 0.129 e. The van der Waals surface area contributed by atoms with Gasteiger partial charge in [0.1, 0.15) is 5.78 Å². The van der Waals surface area contributed by atoms with Crippen molar-refractivity contribution in [2.24, 2.45) is 0 Å². The Morgan fingerprint density at radius 1 is 0.947 bits per heavy atom. The lowest BCUT2D eigenvalue weighted by Crippen LogP contribution is -1.94. The average Bonchev–Trinajstić information content (AvgIpc) is 2.39. The van der Waals surface area contributed by atoms with Crippen molar-refractivity contribution in [3.05, 3.63) is 24.3 Å². The predicted molar refractivity (Wildman–Crippen MR) is 82.4 cm³/mol. The fourth-order valence-corrected chi connectivity index (χ4v) is 1.86. The van der Waals surface area contributed by atoms with Gasteiger partial charge >= 0.3 is 0 Å². The van der Waals surface area contributed by atoms with E-state index in [4.69, 9.17) is 4.74 Å². The lowest BCUT2D eigenvalue weighted by Gasteiger charge is -2.02. The van der Waals surface area contributed by atoms with E-state index in [2.05, 4.69) is 0 Å². The Morgan fingerprint density at radius 2 is 1.58 bits per heavy atom. The van der Waals surface area contributed by atoms with Crippen LogP contribution >= 0.6 is 0 Å². The fraction of sp³-hybridized carbons (Fsp3) is 0.706. The molecule has 0 saturated carbocycles. The first kappa shape index (κ1) is 18.1. The standard InChI is InChI=1S/C17H30O2/c1-3-4-5-12-15-19-16-13-10-8-6-7-9-11-14-17(2)18/h3-5,12H,6-11,13-16H2,1-2H3. The lowest BCUT2D eigenvalue weighted by molar-refractivity contribution is -0.117. The molecule has 0 aromatic heterocycles. The van der Waals surface area contributed by atoms with Crippen molar-refractivity contribution < 1.29 is 9.53 Å². The Morgan fingerprint density at radius 3 is 2.21 bits per heavy atom. The van der Waals surface area contributed by atoms with E-state index in [1.54, 1.807) is 6.92 Å². The summed E-state index contributed by atoms with van der Waals surface area (Å²) in [5.74, 6) is 0.320. The van der Waals surface area contributed by atoms with Crippen molar-refractivity contribution >= 4 is 5.78 Å². The van der Waals surface area contributed by atoms with Gasteiger partial charge in [-0.15, -0.1) is 0 Å². The Balaban J connectivity index is 3.04. The van der Waals surface area contributed by atoms with E-state index >= 15 is 0 Å². The Labute approximate surface area is 118 Å². The molecule has 0 saturated heterocycles. The zero-order chi connectivity index (χ0) is 14.2. The topological polar surface area (TPSA) is 26.3 Å². The second-order valence-corrected chi connectivity index (χ2v) is 4.96. The molecule has 0 N–H and O–H groups in total. The van der Waals surface area contributed by atoms with Gasteiger partial charge in [-0.2, -0.15) is 0 Å². The van der Waals surface area contributed by atoms with Gasteiger partial charge in [0.2, 0.25) is 0 Å². The lowest BCUT2D eigenvalue weighted by atomic mass is 10.1. The van der Waals surface area contributed by atoms with Crippen LogP contribution in [0.5, 0.6) is 0 Å². The van der Waals surface area contributed by atoms with Crippen LogP contribution in [0.25, 0.3) is 0 Å². The van der Waals surface area contributed by atoms with Gasteiger partial charge in [-0.05, 0) is 26.7 Å². The SMILES string of the molecule is CC=CC=CCOCCCCCCCCCC(C)=O. The van der Waals surface area contributed by atoms with Gasteiger partial charge in [-0.3, -0.25) is 0 Å². The summed E-state index contributed by atoms with van der Waals surface area (Å²) in [5, 5.41) is 0. The second-order valence-electron chi connectivity index (χ2n) is 4.96. The number of unbranched alkanes of at least 4 members (excludes halogenated alkanes) is 6. The number of Topliss-reactive ketones (excluding diaryl/α,β-unsaturated/α-hetero) is 1. The van der Waals surface area contributed by atoms with E-state index in [1.807, 2.05) is 31.2 Å². The Hall–Kier alpha value is -0.890. The normalized spacial score (nSPS) is 11.7. The van der Waals surface area contributed by atoms with Crippen molar-refractivity contribution in [2.45, 2.75) is 65.2 Å². The van der Waals surface area contributed by atoms with Gasteiger partial charge in [-0.25, -0.2) is 0 Å². The zero-order valence-electron chi connectivity index (χ0n) is 12.7. The Bertz CT molecular complexity index is 254. The molecule has 0 amide bonds. The molecule has 0 fully saturated rings. The first-order chi connectivity index (χ1) is 9.27. The predicted octanol–water partition coefficient (Wildman–Crippen LogP) is 4.85. The monoisotopic (exact) mass is 266 g/mol. The summed E-state index contributed by atoms with van der Waals surface area (Å²) in [7, 11) is 0. The van der Waals surface area contributed by atoms with Crippen LogP contribution in [0.15, 0.2) is 24.3 Å². The minimum absolute atomic E-state index is 0.320. The number of hydrogen-bond acceptors (Lipinski definition) is 2. The van der Waals surface area contributed by atoms with E-state index in [9.17, 15) is 4.79 Å². The molecular weight excluding hydrogens is 236 g/mol. The number of carbonyl (C=O) groups is 1. The first-order valence-corrected chi connectivity index (χ1v) is 7.62. The minimum atomic E-state index is 0.320. The van der Waals surface area contributed by atoms with Crippen molar-refractivity contribution in [1.82, 2.24) is 0 Å². The molecule has 2 nitrogen and oxygen atoms in total. The molecule has 0 aromatic carbocycles. The largest absolute Gasteiger partial charge is 0.377 e. The summed E-state index contributed by atoms with van der Waals surface area (Å²) in [4.78, 5) is 10.7. The fourth-order valence-electron chi connectivity index (χ4n) is 1.86. The highest BCUT2D eigenvalue weighted by atomic mass is 16.5. The molecule has 0 aliphatic heterocycles. The molecule has 110 valence electrons. The van der Waals surface area contributed by atoms with Crippen LogP contribution in [0.4, 0.5) is 0 Å². The molecule has 0 radical (unpaired) electrons. The molecule has 0 atom stereocenters. The van der Waals surface area contributed by atoms with Crippen molar-refractivity contribution in [3.8, 4) is 0 Å². The average molecular weight is 266 g/mol. The number of rotatable bonds is 13. The van der Waals surface area contributed by atoms with Gasteiger partial charge in [0.25, 0.3) is 0 Å². The molecule has 0 heterocycles. The third-order valence-corrected chi connectivity index (χ3v) is 2.97. The molecule has 19 heavy (non-hydrogen) atoms. The van der Waals surface area contributed by atoms with Crippen LogP contribution in [0.3, 0.4) is 0 Å². The summed E-state index contributed by atoms with van der Waals surface area (Å²) < 4.78 is 5.49. The molecular formula is C17H30O2. The van der Waals surface area contributed by atoms with E-state index in [0.29, 0.717) is 5.78 Å².